The summed E-state index contributed by atoms with van der Waals surface area (Å²) in [5, 5.41) is 4.08. The minimum atomic E-state index is -3.99. The molecule has 0 bridgehead atoms. The van der Waals surface area contributed by atoms with E-state index < -0.39 is 16.1 Å². The van der Waals surface area contributed by atoms with Gasteiger partial charge in [-0.1, -0.05) is 26.0 Å². The molecule has 11 heteroatoms. The van der Waals surface area contributed by atoms with Crippen molar-refractivity contribution in [2.45, 2.75) is 76.7 Å². The number of halogens is 1. The third-order valence-electron chi connectivity index (χ3n) is 6.48. The van der Waals surface area contributed by atoms with Gasteiger partial charge < -0.3 is 5.32 Å². The minimum Gasteiger partial charge on any atom is -0.335 e. The first kappa shape index (κ1) is 28.6. The van der Waals surface area contributed by atoms with Crippen LogP contribution in [-0.2, 0) is 26.0 Å². The molecule has 0 unspecified atom stereocenters. The van der Waals surface area contributed by atoms with E-state index in [4.69, 9.17) is 0 Å². The highest BCUT2D eigenvalue weighted by atomic mass is 35.5. The molecule has 1 fully saturated rings. The number of carbonyl (C=O) groups is 3. The number of hydrazine groups is 1. The molecule has 0 spiro atoms. The van der Waals surface area contributed by atoms with E-state index in [0.29, 0.717) is 25.3 Å². The number of rotatable bonds is 8. The van der Waals surface area contributed by atoms with Gasteiger partial charge in [-0.3, -0.25) is 15.0 Å². The predicted molar refractivity (Wildman–Crippen MR) is 135 cm³/mol. The number of hydrogen-bond donors (Lipinski definition) is 3. The van der Waals surface area contributed by atoms with Crippen molar-refractivity contribution in [1.82, 2.24) is 20.5 Å². The first-order valence-electron chi connectivity index (χ1n) is 11.8. The zero-order valence-corrected chi connectivity index (χ0v) is 22.1. The molecule has 9 nitrogen and oxygen atoms in total. The lowest BCUT2D eigenvalue weighted by Gasteiger charge is -2.26. The fourth-order valence-corrected chi connectivity index (χ4v) is 5.31. The molecule has 35 heavy (non-hydrogen) atoms. The average Bonchev–Trinajstić information content (AvgIpc) is 3.05. The molecular weight excluding hydrogens is 492 g/mol. The maximum atomic E-state index is 12.5. The van der Waals surface area contributed by atoms with Crippen molar-refractivity contribution < 1.29 is 22.8 Å². The van der Waals surface area contributed by atoms with Crippen molar-refractivity contribution in [1.29, 1.82) is 0 Å². The topological polar surface area (TPSA) is 125 Å². The molecule has 1 heterocycles. The van der Waals surface area contributed by atoms with E-state index in [9.17, 15) is 22.8 Å². The molecule has 0 radical (unpaired) electrons. The Morgan fingerprint density at radius 2 is 1.71 bits per heavy atom. The van der Waals surface area contributed by atoms with Crippen LogP contribution in [-0.4, -0.2) is 43.9 Å². The molecular formula is C24H35ClN4O5S. The van der Waals surface area contributed by atoms with Gasteiger partial charge in [0.05, 0.1) is 11.4 Å². The van der Waals surface area contributed by atoms with E-state index in [1.807, 2.05) is 13.8 Å². The van der Waals surface area contributed by atoms with Crippen molar-refractivity contribution in [3.8, 4) is 0 Å². The minimum absolute atomic E-state index is 0. The van der Waals surface area contributed by atoms with Crippen LogP contribution in [0, 0.1) is 5.92 Å². The standard InChI is InChI=1S/C24H34N4O5S.ClH/c1-4-21-17(3)15-28(23(21)30)26-22(29)14-9-18-7-12-20(13-8-18)34(32,33)27-24(31)25-19-10-5-16(2)6-11-19;/h7-8,12-13,16,19H,4-6,9-11,14-15H2,1-3H3,(H,26,29)(H2,25,27,31);1H. The van der Waals surface area contributed by atoms with Crippen LogP contribution in [0.5, 0.6) is 0 Å². The Bertz CT molecular complexity index is 1060. The molecule has 1 aliphatic heterocycles. The van der Waals surface area contributed by atoms with Gasteiger partial charge in [0, 0.05) is 18.0 Å². The molecule has 1 aromatic rings. The third-order valence-corrected chi connectivity index (χ3v) is 7.83. The second kappa shape index (κ2) is 12.4. The Morgan fingerprint density at radius 3 is 2.29 bits per heavy atom. The van der Waals surface area contributed by atoms with E-state index >= 15 is 0 Å². The van der Waals surface area contributed by atoms with E-state index in [1.165, 1.54) is 17.1 Å². The summed E-state index contributed by atoms with van der Waals surface area (Å²) < 4.78 is 27.2. The number of urea groups is 1. The molecule has 0 saturated heterocycles. The first-order valence-corrected chi connectivity index (χ1v) is 13.3. The predicted octanol–water partition coefficient (Wildman–Crippen LogP) is 3.21. The largest absolute Gasteiger partial charge is 0.335 e. The number of amides is 4. The molecule has 0 atom stereocenters. The molecule has 1 aromatic carbocycles. The number of sulfonamides is 1. The monoisotopic (exact) mass is 526 g/mol. The first-order chi connectivity index (χ1) is 16.1. The van der Waals surface area contributed by atoms with Crippen LogP contribution in [0.25, 0.3) is 0 Å². The molecule has 3 N–H and O–H groups in total. The highest BCUT2D eigenvalue weighted by Crippen LogP contribution is 2.23. The average molecular weight is 527 g/mol. The normalized spacial score (nSPS) is 20.3. The zero-order chi connectivity index (χ0) is 24.9. The van der Waals surface area contributed by atoms with Crippen molar-refractivity contribution in [3.63, 3.8) is 0 Å². The van der Waals surface area contributed by atoms with Gasteiger partial charge in [0.1, 0.15) is 0 Å². The quantitative estimate of drug-likeness (QED) is 0.479. The number of hydrogen-bond acceptors (Lipinski definition) is 5. The lowest BCUT2D eigenvalue weighted by atomic mass is 9.87. The summed E-state index contributed by atoms with van der Waals surface area (Å²) in [6, 6.07) is 5.33. The fraction of sp³-hybridized carbons (Fsp3) is 0.542. The van der Waals surface area contributed by atoms with E-state index in [0.717, 1.165) is 42.4 Å². The second-order valence-corrected chi connectivity index (χ2v) is 10.9. The van der Waals surface area contributed by atoms with E-state index in [1.54, 1.807) is 12.1 Å². The van der Waals surface area contributed by atoms with Gasteiger partial charge in [-0.15, -0.1) is 12.4 Å². The Morgan fingerprint density at radius 1 is 1.09 bits per heavy atom. The highest BCUT2D eigenvalue weighted by molar-refractivity contribution is 7.90. The van der Waals surface area contributed by atoms with E-state index in [-0.39, 0.29) is 41.6 Å². The van der Waals surface area contributed by atoms with E-state index in [2.05, 4.69) is 22.4 Å². The number of nitrogens with one attached hydrogen (secondary N) is 3. The maximum absolute atomic E-state index is 12.5. The molecule has 0 aromatic heterocycles. The lowest BCUT2D eigenvalue weighted by Crippen LogP contribution is -2.45. The molecule has 194 valence electrons. The molecule has 3 rings (SSSR count). The van der Waals surface area contributed by atoms with Crippen molar-refractivity contribution in [2.24, 2.45) is 5.92 Å². The molecule has 4 amide bonds. The Balaban J connectivity index is 0.00000432. The number of aryl methyl sites for hydroxylation is 1. The van der Waals surface area contributed by atoms with Gasteiger partial charge in [-0.2, -0.15) is 0 Å². The van der Waals surface area contributed by atoms with Crippen LogP contribution >= 0.6 is 12.4 Å². The SMILES string of the molecule is CCC1=C(C)CN(NC(=O)CCc2ccc(S(=O)(=O)NC(=O)NC3CCC(C)CC3)cc2)C1=O.Cl. The molecule has 1 aliphatic carbocycles. The summed E-state index contributed by atoms with van der Waals surface area (Å²) in [5.74, 6) is 0.176. The lowest BCUT2D eigenvalue weighted by molar-refractivity contribution is -0.137. The number of carbonyl (C=O) groups excluding carboxylic acids is 3. The fourth-order valence-electron chi connectivity index (χ4n) is 4.39. The Hall–Kier alpha value is -2.59. The van der Waals surface area contributed by atoms with Crippen LogP contribution in [0.4, 0.5) is 4.79 Å². The number of nitrogens with zero attached hydrogens (tertiary/aromatic N) is 1. The van der Waals surface area contributed by atoms with Crippen molar-refractivity contribution in [3.05, 3.63) is 41.0 Å². The van der Waals surface area contributed by atoms with Gasteiger partial charge in [-0.05, 0) is 74.6 Å². The summed E-state index contributed by atoms with van der Waals surface area (Å²) in [4.78, 5) is 36.7. The smallest absolute Gasteiger partial charge is 0.328 e. The number of benzene rings is 1. The molecule has 2 aliphatic rings. The van der Waals surface area contributed by atoms with Gasteiger partial charge in [0.2, 0.25) is 5.91 Å². The van der Waals surface area contributed by atoms with Crippen LogP contribution in [0.15, 0.2) is 40.3 Å². The summed E-state index contributed by atoms with van der Waals surface area (Å²) in [5.41, 5.74) is 5.10. The highest BCUT2D eigenvalue weighted by Gasteiger charge is 2.28. The zero-order valence-electron chi connectivity index (χ0n) is 20.4. The van der Waals surface area contributed by atoms with Crippen LogP contribution in [0.2, 0.25) is 0 Å². The Labute approximate surface area is 213 Å². The van der Waals surface area contributed by atoms with Crippen LogP contribution in [0.1, 0.15) is 64.9 Å². The summed E-state index contributed by atoms with van der Waals surface area (Å²) in [7, 11) is -3.99. The summed E-state index contributed by atoms with van der Waals surface area (Å²) >= 11 is 0. The van der Waals surface area contributed by atoms with Gasteiger partial charge in [0.25, 0.3) is 15.9 Å². The van der Waals surface area contributed by atoms with Crippen molar-refractivity contribution in [2.75, 3.05) is 6.54 Å². The molecule has 1 saturated carbocycles. The van der Waals surface area contributed by atoms with Gasteiger partial charge in [-0.25, -0.2) is 22.9 Å². The second-order valence-electron chi connectivity index (χ2n) is 9.22. The third kappa shape index (κ3) is 7.70. The summed E-state index contributed by atoms with van der Waals surface area (Å²) in [6.45, 7) is 6.35. The summed E-state index contributed by atoms with van der Waals surface area (Å²) in [6.07, 6.45) is 4.88. The van der Waals surface area contributed by atoms with Gasteiger partial charge >= 0.3 is 6.03 Å². The van der Waals surface area contributed by atoms with Gasteiger partial charge in [0.15, 0.2) is 0 Å². The Kier molecular flexibility index (Phi) is 10.1. The van der Waals surface area contributed by atoms with Crippen molar-refractivity contribution >= 4 is 40.3 Å². The van der Waals surface area contributed by atoms with Crippen LogP contribution in [0.3, 0.4) is 0 Å². The maximum Gasteiger partial charge on any atom is 0.328 e. The van der Waals surface area contributed by atoms with Crippen LogP contribution < -0.4 is 15.5 Å².